The third-order valence-corrected chi connectivity index (χ3v) is 9.33. The van der Waals surface area contributed by atoms with Gasteiger partial charge in [0, 0.05) is 38.3 Å². The van der Waals surface area contributed by atoms with E-state index in [2.05, 4.69) is 9.89 Å². The number of hydrogen-bond donors (Lipinski definition) is 1. The van der Waals surface area contributed by atoms with Gasteiger partial charge in [0.1, 0.15) is 0 Å². The molecule has 202 valence electrons. The summed E-state index contributed by atoms with van der Waals surface area (Å²) in [5.41, 5.74) is 6.68. The van der Waals surface area contributed by atoms with Crippen molar-refractivity contribution in [3.8, 4) is 0 Å². The molecule has 0 saturated carbocycles. The van der Waals surface area contributed by atoms with Gasteiger partial charge in [-0.05, 0) is 38.0 Å². The molecule has 6 rings (SSSR count). The number of rotatable bonds is 4. The average molecular weight is 548 g/mol. The SMILES string of the molecule is CCn1c(N2CCCC(N)C2)nc2c1c(=O)n(CC1=Nc3ccccc3S(=O)(=O)c3ccccc31)c(=O)n2C. The fourth-order valence-corrected chi connectivity index (χ4v) is 7.16. The number of hydrogen-bond acceptors (Lipinski definition) is 8. The van der Waals surface area contributed by atoms with Crippen LogP contribution in [0.15, 0.2) is 72.9 Å². The van der Waals surface area contributed by atoms with Gasteiger partial charge in [0.15, 0.2) is 11.2 Å². The molecule has 2 aliphatic rings. The zero-order chi connectivity index (χ0) is 27.5. The molecule has 1 unspecified atom stereocenters. The quantitative estimate of drug-likeness (QED) is 0.411. The van der Waals surface area contributed by atoms with Gasteiger partial charge in [0.05, 0.1) is 27.7 Å². The molecule has 1 atom stereocenters. The third-order valence-electron chi connectivity index (χ3n) is 7.47. The number of benzene rings is 2. The van der Waals surface area contributed by atoms with Crippen molar-refractivity contribution in [2.45, 2.75) is 48.7 Å². The van der Waals surface area contributed by atoms with Crippen molar-refractivity contribution in [1.82, 2.24) is 18.7 Å². The van der Waals surface area contributed by atoms with Crippen LogP contribution in [0.5, 0.6) is 0 Å². The molecular formula is C27H29N7O4S. The van der Waals surface area contributed by atoms with Crippen molar-refractivity contribution < 1.29 is 8.42 Å². The Balaban J connectivity index is 1.56. The minimum absolute atomic E-state index is 0.0109. The normalized spacial score (nSPS) is 18.4. The van der Waals surface area contributed by atoms with Crippen LogP contribution in [0, 0.1) is 0 Å². The third kappa shape index (κ3) is 3.93. The number of imidazole rings is 1. The van der Waals surface area contributed by atoms with E-state index in [0.717, 1.165) is 24.0 Å². The molecule has 0 bridgehead atoms. The first kappa shape index (κ1) is 25.3. The zero-order valence-corrected chi connectivity index (χ0v) is 22.6. The second kappa shape index (κ2) is 9.31. The Bertz CT molecular complexity index is 1880. The molecule has 0 radical (unpaired) electrons. The van der Waals surface area contributed by atoms with Crippen molar-refractivity contribution >= 4 is 38.3 Å². The maximum absolute atomic E-state index is 14.0. The lowest BCUT2D eigenvalue weighted by atomic mass is 10.1. The van der Waals surface area contributed by atoms with Gasteiger partial charge in [-0.2, -0.15) is 4.98 Å². The van der Waals surface area contributed by atoms with Crippen molar-refractivity contribution in [3.63, 3.8) is 0 Å². The highest BCUT2D eigenvalue weighted by molar-refractivity contribution is 7.91. The van der Waals surface area contributed by atoms with E-state index in [4.69, 9.17) is 10.7 Å². The van der Waals surface area contributed by atoms with Gasteiger partial charge in [0.25, 0.3) is 5.56 Å². The zero-order valence-electron chi connectivity index (χ0n) is 21.7. The molecule has 1 fully saturated rings. The van der Waals surface area contributed by atoms with Crippen LogP contribution in [0.25, 0.3) is 11.2 Å². The lowest BCUT2D eigenvalue weighted by molar-refractivity contribution is 0.494. The van der Waals surface area contributed by atoms with Crippen LogP contribution in [0.2, 0.25) is 0 Å². The molecule has 2 aromatic carbocycles. The molecule has 11 nitrogen and oxygen atoms in total. The van der Waals surface area contributed by atoms with E-state index in [0.29, 0.717) is 41.5 Å². The Morgan fingerprint density at radius 3 is 2.49 bits per heavy atom. The van der Waals surface area contributed by atoms with Gasteiger partial charge in [-0.25, -0.2) is 18.2 Å². The van der Waals surface area contributed by atoms with E-state index in [1.165, 1.54) is 16.7 Å². The standard InChI is InChI=1S/C27H29N7O4S/c1-3-33-23-24(30-26(33)32-14-8-9-17(28)15-32)31(2)27(36)34(25(23)35)16-20-18-10-4-6-12-21(18)39(37,38)22-13-7-5-11-19(22)29-20/h4-7,10-13,17H,3,8-9,14-16,28H2,1-2H3. The molecule has 0 aliphatic carbocycles. The largest absolute Gasteiger partial charge is 0.341 e. The van der Waals surface area contributed by atoms with Gasteiger partial charge >= 0.3 is 5.69 Å². The molecule has 4 aromatic rings. The van der Waals surface area contributed by atoms with Gasteiger partial charge in [0.2, 0.25) is 15.8 Å². The van der Waals surface area contributed by atoms with E-state index in [1.807, 2.05) is 11.5 Å². The van der Waals surface area contributed by atoms with Crippen LogP contribution in [0.1, 0.15) is 25.3 Å². The number of nitrogens with two attached hydrogens (primary N) is 1. The Kier molecular flexibility index (Phi) is 6.03. The molecule has 0 spiro atoms. The van der Waals surface area contributed by atoms with Gasteiger partial charge in [-0.1, -0.05) is 30.3 Å². The van der Waals surface area contributed by atoms with Crippen LogP contribution in [0.4, 0.5) is 11.6 Å². The lowest BCUT2D eigenvalue weighted by Gasteiger charge is -2.31. The van der Waals surface area contributed by atoms with E-state index < -0.39 is 21.1 Å². The molecule has 39 heavy (non-hydrogen) atoms. The molecule has 1 saturated heterocycles. The molecule has 12 heteroatoms. The first-order valence-corrected chi connectivity index (χ1v) is 14.4. The number of para-hydroxylation sites is 1. The summed E-state index contributed by atoms with van der Waals surface area (Å²) < 4.78 is 31.3. The predicted molar refractivity (Wildman–Crippen MR) is 149 cm³/mol. The van der Waals surface area contributed by atoms with Crippen molar-refractivity contribution in [3.05, 3.63) is 74.9 Å². The number of anilines is 1. The number of sulfone groups is 1. The second-order valence-electron chi connectivity index (χ2n) is 9.94. The van der Waals surface area contributed by atoms with Crippen molar-refractivity contribution in [2.75, 3.05) is 18.0 Å². The van der Waals surface area contributed by atoms with Crippen LogP contribution >= 0.6 is 0 Å². The molecule has 4 heterocycles. The van der Waals surface area contributed by atoms with Gasteiger partial charge < -0.3 is 15.2 Å². The van der Waals surface area contributed by atoms with E-state index >= 15 is 0 Å². The summed E-state index contributed by atoms with van der Waals surface area (Å²) in [5, 5.41) is 0. The first-order chi connectivity index (χ1) is 18.7. The number of aliphatic imine (C=N–C) groups is 1. The fourth-order valence-electron chi connectivity index (χ4n) is 5.54. The minimum atomic E-state index is -3.87. The Labute approximate surface area is 224 Å². The summed E-state index contributed by atoms with van der Waals surface area (Å²) in [6.45, 7) is 3.58. The summed E-state index contributed by atoms with van der Waals surface area (Å²) in [6.07, 6.45) is 1.84. The van der Waals surface area contributed by atoms with Crippen LogP contribution in [-0.2, 0) is 30.0 Å². The fraction of sp³-hybridized carbons (Fsp3) is 0.333. The Hall–Kier alpha value is -4.03. The summed E-state index contributed by atoms with van der Waals surface area (Å²) in [5.74, 6) is 0.615. The minimum Gasteiger partial charge on any atom is -0.341 e. The van der Waals surface area contributed by atoms with Crippen LogP contribution in [0.3, 0.4) is 0 Å². The molecule has 2 N–H and O–H groups in total. The molecule has 2 aliphatic heterocycles. The van der Waals surface area contributed by atoms with Gasteiger partial charge in [-0.15, -0.1) is 0 Å². The molecule has 0 amide bonds. The topological polar surface area (TPSA) is 138 Å². The number of nitrogens with zero attached hydrogens (tertiary/aromatic N) is 6. The number of aryl methyl sites for hydroxylation is 2. The highest BCUT2D eigenvalue weighted by Gasteiger charge is 2.30. The smallest absolute Gasteiger partial charge is 0.332 e. The summed E-state index contributed by atoms with van der Waals surface area (Å²) in [6, 6.07) is 13.0. The highest BCUT2D eigenvalue weighted by atomic mass is 32.2. The van der Waals surface area contributed by atoms with Crippen LogP contribution in [-0.4, -0.2) is 51.9 Å². The first-order valence-electron chi connectivity index (χ1n) is 12.9. The Morgan fingerprint density at radius 1 is 1.03 bits per heavy atom. The highest BCUT2D eigenvalue weighted by Crippen LogP contribution is 2.35. The number of fused-ring (bicyclic) bond motifs is 3. The summed E-state index contributed by atoms with van der Waals surface area (Å²) in [7, 11) is -2.28. The summed E-state index contributed by atoms with van der Waals surface area (Å²) >= 11 is 0. The van der Waals surface area contributed by atoms with Crippen LogP contribution < -0.4 is 21.9 Å². The van der Waals surface area contributed by atoms with Gasteiger partial charge in [-0.3, -0.25) is 13.9 Å². The molecular weight excluding hydrogens is 518 g/mol. The van der Waals surface area contributed by atoms with Crippen molar-refractivity contribution in [2.24, 2.45) is 17.8 Å². The lowest BCUT2D eigenvalue weighted by Crippen LogP contribution is -2.44. The number of aromatic nitrogens is 4. The van der Waals surface area contributed by atoms with Crippen molar-refractivity contribution in [1.29, 1.82) is 0 Å². The maximum Gasteiger partial charge on any atom is 0.332 e. The second-order valence-corrected chi connectivity index (χ2v) is 11.8. The predicted octanol–water partition coefficient (Wildman–Crippen LogP) is 1.81. The maximum atomic E-state index is 14.0. The van der Waals surface area contributed by atoms with E-state index in [-0.39, 0.29) is 28.1 Å². The van der Waals surface area contributed by atoms with E-state index in [9.17, 15) is 18.0 Å². The summed E-state index contributed by atoms with van der Waals surface area (Å²) in [4.78, 5) is 39.1. The monoisotopic (exact) mass is 547 g/mol. The molecule has 2 aromatic heterocycles. The average Bonchev–Trinajstić information content (AvgIpc) is 3.30. The van der Waals surface area contributed by atoms with E-state index in [1.54, 1.807) is 43.4 Å². The number of piperidine rings is 1. The Morgan fingerprint density at radius 2 is 1.74 bits per heavy atom.